The van der Waals surface area contributed by atoms with Crippen LogP contribution in [0.1, 0.15) is 39.5 Å². The summed E-state index contributed by atoms with van der Waals surface area (Å²) in [6.45, 7) is 4.83. The Kier molecular flexibility index (Phi) is 12.1. The summed E-state index contributed by atoms with van der Waals surface area (Å²) in [5, 5.41) is 0. The van der Waals surface area contributed by atoms with Crippen molar-refractivity contribution in [3.63, 3.8) is 0 Å². The Labute approximate surface area is 134 Å². The first kappa shape index (κ1) is 20.4. The van der Waals surface area contributed by atoms with E-state index in [1.165, 1.54) is 0 Å². The van der Waals surface area contributed by atoms with E-state index < -0.39 is 6.10 Å². The number of carbonyl (C=O) groups excluding carboxylic acids is 2. The molecule has 0 rings (SSSR count). The first-order chi connectivity index (χ1) is 10.5. The minimum atomic E-state index is -0.457. The zero-order valence-electron chi connectivity index (χ0n) is 14.2. The normalized spacial score (nSPS) is 13.0. The molecule has 1 atom stereocenters. The summed E-state index contributed by atoms with van der Waals surface area (Å²) >= 11 is 0. The van der Waals surface area contributed by atoms with Crippen molar-refractivity contribution in [2.45, 2.75) is 45.6 Å². The average Bonchev–Trinajstić information content (AvgIpc) is 2.44. The highest BCUT2D eigenvalue weighted by Crippen LogP contribution is 2.09. The number of allylic oxidation sites excluding steroid dienone is 2. The molecule has 0 radical (unpaired) electrons. The molecule has 0 aromatic rings. The molecule has 0 spiro atoms. The maximum atomic E-state index is 11.8. The lowest BCUT2D eigenvalue weighted by atomic mass is 10.1. The third kappa shape index (κ3) is 12.1. The van der Waals surface area contributed by atoms with Gasteiger partial charge in [0.05, 0.1) is 6.42 Å². The van der Waals surface area contributed by atoms with Crippen molar-refractivity contribution in [1.29, 1.82) is 0 Å². The van der Waals surface area contributed by atoms with Crippen molar-refractivity contribution in [1.82, 2.24) is 4.90 Å². The molecule has 0 aliphatic carbocycles. The fourth-order valence-corrected chi connectivity index (χ4v) is 1.73. The summed E-state index contributed by atoms with van der Waals surface area (Å²) in [5.74, 6) is -0.619. The monoisotopic (exact) mass is 311 g/mol. The molecule has 5 heteroatoms. The third-order valence-corrected chi connectivity index (χ3v) is 2.89. The number of esters is 2. The number of ether oxygens (including phenoxy) is 2. The number of rotatable bonds is 11. The lowest BCUT2D eigenvalue weighted by Gasteiger charge is -2.16. The molecule has 0 fully saturated rings. The second kappa shape index (κ2) is 13.1. The molecule has 0 N–H and O–H groups in total. The van der Waals surface area contributed by atoms with Crippen LogP contribution in [0.2, 0.25) is 0 Å². The fraction of sp³-hybridized carbons (Fsp3) is 0.647. The van der Waals surface area contributed by atoms with Crippen LogP contribution in [0.4, 0.5) is 0 Å². The first-order valence-electron chi connectivity index (χ1n) is 7.71. The molecule has 0 saturated carbocycles. The SMILES string of the molecule is C/C=C\COC(=O)CC(C/C=C\C)OC(=O)CCCN(C)C. The largest absolute Gasteiger partial charge is 0.461 e. The van der Waals surface area contributed by atoms with E-state index in [-0.39, 0.29) is 25.0 Å². The van der Waals surface area contributed by atoms with Gasteiger partial charge in [0.25, 0.3) is 0 Å². The fourth-order valence-electron chi connectivity index (χ4n) is 1.73. The molecule has 22 heavy (non-hydrogen) atoms. The van der Waals surface area contributed by atoms with Crippen LogP contribution in [-0.4, -0.2) is 50.2 Å². The smallest absolute Gasteiger partial charge is 0.309 e. The minimum absolute atomic E-state index is 0.0846. The highest BCUT2D eigenvalue weighted by molar-refractivity contribution is 5.72. The maximum Gasteiger partial charge on any atom is 0.309 e. The average molecular weight is 311 g/mol. The Hall–Kier alpha value is -1.62. The number of hydrogen-bond donors (Lipinski definition) is 0. The van der Waals surface area contributed by atoms with Crippen LogP contribution < -0.4 is 0 Å². The van der Waals surface area contributed by atoms with E-state index in [0.717, 1.165) is 13.0 Å². The van der Waals surface area contributed by atoms with E-state index in [0.29, 0.717) is 12.8 Å². The Bertz CT molecular complexity index is 375. The standard InChI is InChI=1S/C17H29NO4/c1-5-7-10-15(14-17(20)21-13-8-6-2)22-16(19)11-9-12-18(3)4/h5-8,15H,9-14H2,1-4H3/b7-5-,8-6-. The van der Waals surface area contributed by atoms with E-state index in [9.17, 15) is 9.59 Å². The van der Waals surface area contributed by atoms with E-state index in [1.807, 2.05) is 51.1 Å². The molecule has 0 bridgehead atoms. The summed E-state index contributed by atoms with van der Waals surface area (Å²) < 4.78 is 10.4. The zero-order valence-corrected chi connectivity index (χ0v) is 14.2. The van der Waals surface area contributed by atoms with Crippen LogP contribution in [-0.2, 0) is 19.1 Å². The molecule has 0 heterocycles. The van der Waals surface area contributed by atoms with Crippen LogP contribution in [0.15, 0.2) is 24.3 Å². The Morgan fingerprint density at radius 2 is 1.77 bits per heavy atom. The van der Waals surface area contributed by atoms with Crippen LogP contribution in [0.25, 0.3) is 0 Å². The van der Waals surface area contributed by atoms with Crippen molar-refractivity contribution in [3.8, 4) is 0 Å². The lowest BCUT2D eigenvalue weighted by Crippen LogP contribution is -2.23. The predicted molar refractivity (Wildman–Crippen MR) is 87.5 cm³/mol. The Balaban J connectivity index is 4.25. The highest BCUT2D eigenvalue weighted by atomic mass is 16.6. The molecule has 0 aliphatic rings. The minimum Gasteiger partial charge on any atom is -0.461 e. The van der Waals surface area contributed by atoms with Gasteiger partial charge in [0.1, 0.15) is 12.7 Å². The van der Waals surface area contributed by atoms with Gasteiger partial charge >= 0.3 is 11.9 Å². The first-order valence-corrected chi connectivity index (χ1v) is 7.71. The third-order valence-electron chi connectivity index (χ3n) is 2.89. The van der Waals surface area contributed by atoms with Crippen molar-refractivity contribution in [2.24, 2.45) is 0 Å². The van der Waals surface area contributed by atoms with Gasteiger partial charge in [-0.1, -0.05) is 24.3 Å². The lowest BCUT2D eigenvalue weighted by molar-refractivity contribution is -0.154. The molecule has 0 aromatic heterocycles. The number of carbonyl (C=O) groups is 2. The molecule has 0 amide bonds. The van der Waals surface area contributed by atoms with Gasteiger partial charge in [-0.3, -0.25) is 9.59 Å². The van der Waals surface area contributed by atoms with Crippen LogP contribution >= 0.6 is 0 Å². The van der Waals surface area contributed by atoms with Gasteiger partial charge in [-0.25, -0.2) is 0 Å². The highest BCUT2D eigenvalue weighted by Gasteiger charge is 2.18. The topological polar surface area (TPSA) is 55.8 Å². The van der Waals surface area contributed by atoms with Crippen LogP contribution in [0, 0.1) is 0 Å². The number of nitrogens with zero attached hydrogens (tertiary/aromatic N) is 1. The van der Waals surface area contributed by atoms with Crippen molar-refractivity contribution in [3.05, 3.63) is 24.3 Å². The second-order valence-corrected chi connectivity index (χ2v) is 5.28. The van der Waals surface area contributed by atoms with E-state index in [4.69, 9.17) is 9.47 Å². The predicted octanol–water partition coefficient (Wildman–Crippen LogP) is 2.72. The van der Waals surface area contributed by atoms with Gasteiger partial charge in [0.15, 0.2) is 0 Å². The van der Waals surface area contributed by atoms with E-state index in [1.54, 1.807) is 6.08 Å². The van der Waals surface area contributed by atoms with Crippen LogP contribution in [0.5, 0.6) is 0 Å². The number of hydrogen-bond acceptors (Lipinski definition) is 5. The van der Waals surface area contributed by atoms with Crippen molar-refractivity contribution >= 4 is 11.9 Å². The van der Waals surface area contributed by atoms with Gasteiger partial charge < -0.3 is 14.4 Å². The van der Waals surface area contributed by atoms with Gasteiger partial charge in [0, 0.05) is 12.8 Å². The molecule has 0 saturated heterocycles. The van der Waals surface area contributed by atoms with E-state index >= 15 is 0 Å². The Morgan fingerprint density at radius 1 is 1.09 bits per heavy atom. The van der Waals surface area contributed by atoms with Crippen molar-refractivity contribution in [2.75, 3.05) is 27.2 Å². The van der Waals surface area contributed by atoms with Gasteiger partial charge in [-0.2, -0.15) is 0 Å². The maximum absolute atomic E-state index is 11.8. The summed E-state index contributed by atoms with van der Waals surface area (Å²) in [4.78, 5) is 25.5. The quantitative estimate of drug-likeness (QED) is 0.434. The van der Waals surface area contributed by atoms with E-state index in [2.05, 4.69) is 0 Å². The Morgan fingerprint density at radius 3 is 2.36 bits per heavy atom. The summed E-state index contributed by atoms with van der Waals surface area (Å²) in [6.07, 6.45) is 8.58. The molecular weight excluding hydrogens is 282 g/mol. The summed E-state index contributed by atoms with van der Waals surface area (Å²) in [7, 11) is 3.92. The van der Waals surface area contributed by atoms with Gasteiger partial charge in [-0.05, 0) is 40.9 Å². The molecule has 1 unspecified atom stereocenters. The zero-order chi connectivity index (χ0) is 16.8. The molecule has 0 aliphatic heterocycles. The summed E-state index contributed by atoms with van der Waals surface area (Å²) in [6, 6.07) is 0. The second-order valence-electron chi connectivity index (χ2n) is 5.28. The molecule has 126 valence electrons. The summed E-state index contributed by atoms with van der Waals surface area (Å²) in [5.41, 5.74) is 0. The molecular formula is C17H29NO4. The molecule has 0 aromatic carbocycles. The van der Waals surface area contributed by atoms with Crippen molar-refractivity contribution < 1.29 is 19.1 Å². The van der Waals surface area contributed by atoms with Crippen LogP contribution in [0.3, 0.4) is 0 Å². The molecule has 5 nitrogen and oxygen atoms in total. The van der Waals surface area contributed by atoms with Gasteiger partial charge in [-0.15, -0.1) is 0 Å². The van der Waals surface area contributed by atoms with Gasteiger partial charge in [0.2, 0.25) is 0 Å².